The van der Waals surface area contributed by atoms with Crippen LogP contribution < -0.4 is 0 Å². The van der Waals surface area contributed by atoms with Crippen LogP contribution in [-0.2, 0) is 0 Å². The maximum absolute atomic E-state index is 12.8. The quantitative estimate of drug-likeness (QED) is 0.760. The van der Waals surface area contributed by atoms with Crippen molar-refractivity contribution >= 4 is 22.6 Å². The summed E-state index contributed by atoms with van der Waals surface area (Å²) in [7, 11) is 0. The lowest BCUT2D eigenvalue weighted by Crippen LogP contribution is -2.43. The summed E-state index contributed by atoms with van der Waals surface area (Å²) in [6.07, 6.45) is 2.63. The van der Waals surface area contributed by atoms with Crippen molar-refractivity contribution in [3.63, 3.8) is 0 Å². The van der Waals surface area contributed by atoms with E-state index in [4.69, 9.17) is 0 Å². The van der Waals surface area contributed by atoms with Crippen LogP contribution in [0.15, 0.2) is 29.3 Å². The molecule has 0 radical (unpaired) electrons. The van der Waals surface area contributed by atoms with E-state index in [0.717, 1.165) is 29.9 Å². The molecule has 2 fully saturated rings. The fourth-order valence-electron chi connectivity index (χ4n) is 2.39. The van der Waals surface area contributed by atoms with Gasteiger partial charge in [-0.1, -0.05) is 11.8 Å². The minimum absolute atomic E-state index is 0.205. The number of rotatable bonds is 1. The van der Waals surface area contributed by atoms with Crippen LogP contribution in [0.25, 0.3) is 0 Å². The number of aliphatic imine (C=N–C) groups is 1. The van der Waals surface area contributed by atoms with Crippen LogP contribution in [0, 0.1) is 11.7 Å². The van der Waals surface area contributed by atoms with Crippen molar-refractivity contribution in [2.24, 2.45) is 10.9 Å². The van der Waals surface area contributed by atoms with Crippen molar-refractivity contribution in [1.29, 1.82) is 0 Å². The van der Waals surface area contributed by atoms with Crippen LogP contribution >= 0.6 is 11.8 Å². The molecule has 1 atom stereocenters. The summed E-state index contributed by atoms with van der Waals surface area (Å²) >= 11 is 1.84. The molecule has 90 valence electrons. The summed E-state index contributed by atoms with van der Waals surface area (Å²) in [6, 6.07) is 6.40. The minimum atomic E-state index is -0.205. The van der Waals surface area contributed by atoms with Gasteiger partial charge in [-0.3, -0.25) is 0 Å². The summed E-state index contributed by atoms with van der Waals surface area (Å²) in [6.45, 7) is 2.26. The SMILES string of the molecule is Fc1ccc(N=C2SC[C@H]3CCCN2C3)cc1. The van der Waals surface area contributed by atoms with Gasteiger partial charge in [-0.15, -0.1) is 0 Å². The highest BCUT2D eigenvalue weighted by Crippen LogP contribution is 2.31. The van der Waals surface area contributed by atoms with E-state index in [9.17, 15) is 4.39 Å². The van der Waals surface area contributed by atoms with Crippen molar-refractivity contribution in [3.05, 3.63) is 30.1 Å². The molecule has 1 aromatic carbocycles. The highest BCUT2D eigenvalue weighted by atomic mass is 32.2. The second-order valence-corrected chi connectivity index (χ2v) is 5.62. The second kappa shape index (κ2) is 4.69. The first-order valence-corrected chi connectivity index (χ1v) is 7.02. The maximum atomic E-state index is 12.8. The lowest BCUT2D eigenvalue weighted by Gasteiger charge is -2.39. The molecule has 2 aliphatic heterocycles. The third-order valence-electron chi connectivity index (χ3n) is 3.29. The topological polar surface area (TPSA) is 15.6 Å². The van der Waals surface area contributed by atoms with Gasteiger partial charge in [-0.05, 0) is 43.0 Å². The van der Waals surface area contributed by atoms with Gasteiger partial charge in [0.15, 0.2) is 5.17 Å². The van der Waals surface area contributed by atoms with Gasteiger partial charge in [-0.2, -0.15) is 0 Å². The number of thioether (sulfide) groups is 1. The molecule has 0 aliphatic carbocycles. The monoisotopic (exact) mass is 250 g/mol. The van der Waals surface area contributed by atoms with E-state index in [2.05, 4.69) is 9.89 Å². The van der Waals surface area contributed by atoms with Crippen molar-refractivity contribution in [2.75, 3.05) is 18.8 Å². The van der Waals surface area contributed by atoms with Gasteiger partial charge in [0.25, 0.3) is 0 Å². The Morgan fingerprint density at radius 1 is 1.29 bits per heavy atom. The maximum Gasteiger partial charge on any atom is 0.164 e. The smallest absolute Gasteiger partial charge is 0.164 e. The Morgan fingerprint density at radius 3 is 2.94 bits per heavy atom. The molecular formula is C13H15FN2S. The Morgan fingerprint density at radius 2 is 2.12 bits per heavy atom. The largest absolute Gasteiger partial charge is 0.351 e. The van der Waals surface area contributed by atoms with Crippen molar-refractivity contribution in [1.82, 2.24) is 4.90 Å². The minimum Gasteiger partial charge on any atom is -0.351 e. The molecule has 17 heavy (non-hydrogen) atoms. The molecular weight excluding hydrogens is 235 g/mol. The first-order valence-electron chi connectivity index (χ1n) is 6.03. The number of halogens is 1. The van der Waals surface area contributed by atoms with E-state index in [1.54, 1.807) is 12.1 Å². The van der Waals surface area contributed by atoms with E-state index in [-0.39, 0.29) is 5.82 Å². The third kappa shape index (κ3) is 2.46. The van der Waals surface area contributed by atoms with E-state index >= 15 is 0 Å². The predicted octanol–water partition coefficient (Wildman–Crippen LogP) is 3.27. The Balaban J connectivity index is 1.81. The van der Waals surface area contributed by atoms with Crippen LogP contribution in [0.3, 0.4) is 0 Å². The van der Waals surface area contributed by atoms with Crippen LogP contribution in [0.5, 0.6) is 0 Å². The van der Waals surface area contributed by atoms with Gasteiger partial charge < -0.3 is 4.90 Å². The molecule has 2 heterocycles. The molecule has 0 aromatic heterocycles. The van der Waals surface area contributed by atoms with Crippen molar-refractivity contribution in [3.8, 4) is 0 Å². The first-order chi connectivity index (χ1) is 8.31. The zero-order valence-corrected chi connectivity index (χ0v) is 10.4. The molecule has 0 unspecified atom stereocenters. The van der Waals surface area contributed by atoms with Gasteiger partial charge in [0.05, 0.1) is 5.69 Å². The fraction of sp³-hybridized carbons (Fsp3) is 0.462. The molecule has 0 amide bonds. The number of benzene rings is 1. The number of nitrogens with zero attached hydrogens (tertiary/aromatic N) is 2. The van der Waals surface area contributed by atoms with E-state index in [1.807, 2.05) is 11.8 Å². The lowest BCUT2D eigenvalue weighted by molar-refractivity contribution is 0.275. The predicted molar refractivity (Wildman–Crippen MR) is 70.3 cm³/mol. The number of amidine groups is 1. The van der Waals surface area contributed by atoms with E-state index < -0.39 is 0 Å². The molecule has 3 rings (SSSR count). The van der Waals surface area contributed by atoms with Gasteiger partial charge in [0, 0.05) is 18.8 Å². The molecule has 0 spiro atoms. The highest BCUT2D eigenvalue weighted by Gasteiger charge is 2.28. The molecule has 2 aliphatic rings. The zero-order chi connectivity index (χ0) is 11.7. The van der Waals surface area contributed by atoms with Gasteiger partial charge in [0.2, 0.25) is 0 Å². The summed E-state index contributed by atoms with van der Waals surface area (Å²) in [5, 5.41) is 1.10. The standard InChI is InChI=1S/C13H15FN2S/c14-11-3-5-12(6-4-11)15-13-16-7-1-2-10(8-16)9-17-13/h3-6,10H,1-2,7-9H2/t10-/m0/s1. The molecule has 2 nitrogen and oxygen atoms in total. The average Bonchev–Trinajstić information content (AvgIpc) is 2.36. The average molecular weight is 250 g/mol. The third-order valence-corrected chi connectivity index (χ3v) is 4.53. The molecule has 0 saturated carbocycles. The van der Waals surface area contributed by atoms with E-state index in [1.165, 1.54) is 30.7 Å². The normalized spacial score (nSPS) is 26.3. The molecule has 1 aromatic rings. The first kappa shape index (κ1) is 11.1. The van der Waals surface area contributed by atoms with Gasteiger partial charge >= 0.3 is 0 Å². The van der Waals surface area contributed by atoms with Gasteiger partial charge in [-0.25, -0.2) is 9.38 Å². The van der Waals surface area contributed by atoms with Crippen LogP contribution in [-0.4, -0.2) is 28.9 Å². The molecule has 2 bridgehead atoms. The number of piperidine rings is 1. The Hall–Kier alpha value is -1.03. The molecule has 4 heteroatoms. The zero-order valence-electron chi connectivity index (χ0n) is 9.60. The van der Waals surface area contributed by atoms with Crippen LogP contribution in [0.2, 0.25) is 0 Å². The number of hydrogen-bond donors (Lipinski definition) is 0. The fourth-order valence-corrected chi connectivity index (χ4v) is 3.56. The van der Waals surface area contributed by atoms with Crippen LogP contribution in [0.4, 0.5) is 10.1 Å². The second-order valence-electron chi connectivity index (χ2n) is 4.64. The summed E-state index contributed by atoms with van der Waals surface area (Å²) in [5.41, 5.74) is 0.845. The highest BCUT2D eigenvalue weighted by molar-refractivity contribution is 8.13. The summed E-state index contributed by atoms with van der Waals surface area (Å²) in [5.74, 6) is 1.81. The van der Waals surface area contributed by atoms with Crippen molar-refractivity contribution < 1.29 is 4.39 Å². The summed E-state index contributed by atoms with van der Waals surface area (Å²) < 4.78 is 12.8. The molecule has 0 N–H and O–H groups in total. The Kier molecular flexibility index (Phi) is 3.05. The lowest BCUT2D eigenvalue weighted by atomic mass is 10.0. The number of fused-ring (bicyclic) bond motifs is 2. The molecule has 2 saturated heterocycles. The van der Waals surface area contributed by atoms with Crippen LogP contribution in [0.1, 0.15) is 12.8 Å². The van der Waals surface area contributed by atoms with Crippen molar-refractivity contribution in [2.45, 2.75) is 12.8 Å². The summed E-state index contributed by atoms with van der Waals surface area (Å²) in [4.78, 5) is 6.99. The Bertz CT molecular complexity index is 430. The van der Waals surface area contributed by atoms with Gasteiger partial charge in [0.1, 0.15) is 5.82 Å². The number of hydrogen-bond acceptors (Lipinski definition) is 2. The Labute approximate surface area is 105 Å². The van der Waals surface area contributed by atoms with E-state index in [0.29, 0.717) is 0 Å².